The molecule has 1 amide bonds. The SMILES string of the molecule is CCOC(=O)C1(/C=C/c2ccc3ccc([C@@H](C)NC(=O)OC(C)(C)C)nc3c2)CCC(O)CC1. The van der Waals surface area contributed by atoms with Crippen LogP contribution in [-0.4, -0.2) is 40.5 Å². The van der Waals surface area contributed by atoms with Crippen molar-refractivity contribution in [3.05, 3.63) is 47.7 Å². The molecule has 1 fully saturated rings. The maximum atomic E-state index is 12.7. The summed E-state index contributed by atoms with van der Waals surface area (Å²) in [5.74, 6) is -0.235. The summed E-state index contributed by atoms with van der Waals surface area (Å²) in [6, 6.07) is 9.48. The van der Waals surface area contributed by atoms with Crippen LogP contribution in [0.15, 0.2) is 36.4 Å². The molecule has 7 nitrogen and oxygen atoms in total. The zero-order chi connectivity index (χ0) is 24.9. The summed E-state index contributed by atoms with van der Waals surface area (Å²) >= 11 is 0. The summed E-state index contributed by atoms with van der Waals surface area (Å²) in [6.07, 6.45) is 5.29. The van der Waals surface area contributed by atoms with Crippen LogP contribution in [0.4, 0.5) is 4.79 Å². The molecule has 1 aromatic heterocycles. The molecule has 3 rings (SSSR count). The van der Waals surface area contributed by atoms with Gasteiger partial charge in [0, 0.05) is 5.39 Å². The van der Waals surface area contributed by atoms with E-state index in [-0.39, 0.29) is 18.1 Å². The Morgan fingerprint density at radius 3 is 2.56 bits per heavy atom. The van der Waals surface area contributed by atoms with E-state index >= 15 is 0 Å². The molecule has 1 aliphatic rings. The Morgan fingerprint density at radius 2 is 1.91 bits per heavy atom. The van der Waals surface area contributed by atoms with Gasteiger partial charge in [0.2, 0.25) is 0 Å². The highest BCUT2D eigenvalue weighted by molar-refractivity contribution is 5.83. The summed E-state index contributed by atoms with van der Waals surface area (Å²) in [4.78, 5) is 29.6. The molecule has 0 radical (unpaired) electrons. The minimum Gasteiger partial charge on any atom is -0.465 e. The first-order valence-corrected chi connectivity index (χ1v) is 12.0. The zero-order valence-electron chi connectivity index (χ0n) is 20.8. The number of fused-ring (bicyclic) bond motifs is 1. The van der Waals surface area contributed by atoms with Crippen molar-refractivity contribution in [3.63, 3.8) is 0 Å². The van der Waals surface area contributed by atoms with Gasteiger partial charge in [-0.15, -0.1) is 0 Å². The molecule has 0 spiro atoms. The summed E-state index contributed by atoms with van der Waals surface area (Å²) in [7, 11) is 0. The molecular formula is C27H36N2O5. The number of aliphatic hydroxyl groups excluding tert-OH is 1. The van der Waals surface area contributed by atoms with Crippen molar-refractivity contribution in [2.75, 3.05) is 6.61 Å². The number of pyridine rings is 1. The van der Waals surface area contributed by atoms with Gasteiger partial charge >= 0.3 is 12.1 Å². The van der Waals surface area contributed by atoms with Gasteiger partial charge in [0.15, 0.2) is 0 Å². The van der Waals surface area contributed by atoms with E-state index in [9.17, 15) is 14.7 Å². The predicted octanol–water partition coefficient (Wildman–Crippen LogP) is 5.32. The fraction of sp³-hybridized carbons (Fsp3) is 0.519. The molecule has 34 heavy (non-hydrogen) atoms. The Balaban J connectivity index is 1.81. The van der Waals surface area contributed by atoms with Gasteiger partial charge in [-0.1, -0.05) is 30.4 Å². The standard InChI is InChI=1S/C27H36N2O5/c1-6-33-24(31)27(15-12-21(30)13-16-27)14-11-19-7-8-20-9-10-22(29-23(20)17-19)18(2)28-25(32)34-26(3,4)5/h7-11,14,17-18,21,30H,6,12-13,15-16H2,1-5H3,(H,28,32)/b14-11+/t18-,21?,27?/m1/s1. The average molecular weight is 469 g/mol. The molecule has 1 saturated carbocycles. The van der Waals surface area contributed by atoms with E-state index in [1.807, 2.05) is 70.2 Å². The van der Waals surface area contributed by atoms with Crippen molar-refractivity contribution in [2.45, 2.75) is 78.0 Å². The number of nitrogens with one attached hydrogen (secondary N) is 1. The smallest absolute Gasteiger partial charge is 0.408 e. The second kappa shape index (κ2) is 10.6. The van der Waals surface area contributed by atoms with Crippen LogP contribution >= 0.6 is 0 Å². The number of aliphatic hydroxyl groups is 1. The maximum absolute atomic E-state index is 12.7. The number of ether oxygens (including phenoxy) is 2. The lowest BCUT2D eigenvalue weighted by molar-refractivity contribution is -0.155. The lowest BCUT2D eigenvalue weighted by Gasteiger charge is -2.34. The van der Waals surface area contributed by atoms with Gasteiger partial charge in [-0.2, -0.15) is 0 Å². The van der Waals surface area contributed by atoms with E-state index in [1.54, 1.807) is 6.92 Å². The van der Waals surface area contributed by atoms with Gasteiger partial charge in [-0.05, 0) is 78.0 Å². The number of hydrogen-bond donors (Lipinski definition) is 2. The highest BCUT2D eigenvalue weighted by Gasteiger charge is 2.40. The molecule has 2 aromatic rings. The number of esters is 1. The Kier molecular flexibility index (Phi) is 7.97. The van der Waals surface area contributed by atoms with Crippen LogP contribution in [0.5, 0.6) is 0 Å². The Bertz CT molecular complexity index is 1050. The minimum atomic E-state index is -0.717. The minimum absolute atomic E-state index is 0.235. The lowest BCUT2D eigenvalue weighted by Crippen LogP contribution is -2.36. The molecule has 1 heterocycles. The Morgan fingerprint density at radius 1 is 1.24 bits per heavy atom. The second-order valence-corrected chi connectivity index (χ2v) is 10.00. The van der Waals surface area contributed by atoms with Crippen LogP contribution < -0.4 is 5.32 Å². The molecule has 0 unspecified atom stereocenters. The molecule has 1 atom stereocenters. The largest absolute Gasteiger partial charge is 0.465 e. The van der Waals surface area contributed by atoms with E-state index in [1.165, 1.54) is 0 Å². The molecule has 184 valence electrons. The number of rotatable bonds is 6. The number of carbonyl (C=O) groups excluding carboxylic acids is 2. The highest BCUT2D eigenvalue weighted by atomic mass is 16.6. The van der Waals surface area contributed by atoms with E-state index in [4.69, 9.17) is 14.5 Å². The summed E-state index contributed by atoms with van der Waals surface area (Å²) in [6.45, 7) is 9.46. The Labute approximate surface area is 201 Å². The second-order valence-electron chi connectivity index (χ2n) is 10.00. The summed E-state index contributed by atoms with van der Waals surface area (Å²) in [5, 5.41) is 13.7. The van der Waals surface area contributed by atoms with E-state index < -0.39 is 17.1 Å². The third kappa shape index (κ3) is 6.56. The number of nitrogens with zero attached hydrogens (tertiary/aromatic N) is 1. The molecule has 2 N–H and O–H groups in total. The molecule has 0 aliphatic heterocycles. The fourth-order valence-corrected chi connectivity index (χ4v) is 4.14. The van der Waals surface area contributed by atoms with E-state index in [0.717, 1.165) is 22.2 Å². The van der Waals surface area contributed by atoms with Crippen molar-refractivity contribution < 1.29 is 24.2 Å². The van der Waals surface area contributed by atoms with Gasteiger partial charge in [-0.3, -0.25) is 9.78 Å². The summed E-state index contributed by atoms with van der Waals surface area (Å²) in [5.41, 5.74) is 1.15. The van der Waals surface area contributed by atoms with Crippen molar-refractivity contribution >= 4 is 29.0 Å². The van der Waals surface area contributed by atoms with Gasteiger partial charge < -0.3 is 19.9 Å². The van der Waals surface area contributed by atoms with Crippen molar-refractivity contribution in [1.82, 2.24) is 10.3 Å². The van der Waals surface area contributed by atoms with E-state index in [0.29, 0.717) is 32.3 Å². The monoisotopic (exact) mass is 468 g/mol. The van der Waals surface area contributed by atoms with E-state index in [2.05, 4.69) is 5.32 Å². The van der Waals surface area contributed by atoms with Crippen LogP contribution in [-0.2, 0) is 14.3 Å². The van der Waals surface area contributed by atoms with Crippen LogP contribution in [0.3, 0.4) is 0 Å². The normalized spacial score (nSPS) is 21.9. The highest BCUT2D eigenvalue weighted by Crippen LogP contribution is 2.39. The van der Waals surface area contributed by atoms with Crippen LogP contribution in [0, 0.1) is 5.41 Å². The molecule has 7 heteroatoms. The van der Waals surface area contributed by atoms with Gasteiger partial charge in [0.1, 0.15) is 5.60 Å². The number of alkyl carbamates (subject to hydrolysis) is 1. The average Bonchev–Trinajstić information content (AvgIpc) is 2.77. The molecule has 1 aromatic carbocycles. The molecule has 1 aliphatic carbocycles. The van der Waals surface area contributed by atoms with Crippen LogP contribution in [0.25, 0.3) is 17.0 Å². The lowest BCUT2D eigenvalue weighted by atomic mass is 9.72. The topological polar surface area (TPSA) is 97.8 Å². The quantitative estimate of drug-likeness (QED) is 0.557. The van der Waals surface area contributed by atoms with Crippen molar-refractivity contribution in [3.8, 4) is 0 Å². The van der Waals surface area contributed by atoms with Gasteiger partial charge in [-0.25, -0.2) is 4.79 Å². The molecule has 0 bridgehead atoms. The third-order valence-corrected chi connectivity index (χ3v) is 6.04. The Hall–Kier alpha value is -2.93. The maximum Gasteiger partial charge on any atom is 0.408 e. The predicted molar refractivity (Wildman–Crippen MR) is 132 cm³/mol. The fourth-order valence-electron chi connectivity index (χ4n) is 4.14. The van der Waals surface area contributed by atoms with Gasteiger partial charge in [0.05, 0.1) is 35.4 Å². The first kappa shape index (κ1) is 25.7. The first-order valence-electron chi connectivity index (χ1n) is 12.0. The number of hydrogen-bond acceptors (Lipinski definition) is 6. The zero-order valence-corrected chi connectivity index (χ0v) is 20.8. The molecular weight excluding hydrogens is 432 g/mol. The first-order chi connectivity index (χ1) is 16.0. The van der Waals surface area contributed by atoms with Crippen LogP contribution in [0.1, 0.15) is 77.6 Å². The van der Waals surface area contributed by atoms with Crippen LogP contribution in [0.2, 0.25) is 0 Å². The van der Waals surface area contributed by atoms with Crippen molar-refractivity contribution in [1.29, 1.82) is 0 Å². The van der Waals surface area contributed by atoms with Gasteiger partial charge in [0.25, 0.3) is 0 Å². The number of benzene rings is 1. The molecule has 0 saturated heterocycles. The summed E-state index contributed by atoms with van der Waals surface area (Å²) < 4.78 is 10.7. The van der Waals surface area contributed by atoms with Crippen molar-refractivity contribution in [2.24, 2.45) is 5.41 Å². The number of aromatic nitrogens is 1. The number of amides is 1. The number of carbonyl (C=O) groups is 2. The third-order valence-electron chi connectivity index (χ3n) is 6.04.